The van der Waals surface area contributed by atoms with Crippen LogP contribution in [0, 0.1) is 18.7 Å². The monoisotopic (exact) mass is 388 g/mol. The van der Waals surface area contributed by atoms with Crippen molar-refractivity contribution in [1.29, 1.82) is 0 Å². The van der Waals surface area contributed by atoms with Crippen molar-refractivity contribution >= 4 is 28.3 Å². The van der Waals surface area contributed by atoms with E-state index in [2.05, 4.69) is 5.32 Å². The molecule has 1 heterocycles. The molecular weight excluding hydrogens is 367 g/mol. The first-order valence-electron chi connectivity index (χ1n) is 8.54. The minimum absolute atomic E-state index is 0.311. The van der Waals surface area contributed by atoms with E-state index >= 15 is 0 Å². The third kappa shape index (κ3) is 3.78. The number of benzene rings is 2. The molecule has 1 saturated heterocycles. The number of hydrogen-bond donors (Lipinski definition) is 1. The highest BCUT2D eigenvalue weighted by Gasteiger charge is 2.44. The summed E-state index contributed by atoms with van der Waals surface area (Å²) in [6.07, 6.45) is 1.53. The van der Waals surface area contributed by atoms with Crippen LogP contribution in [-0.2, 0) is 20.4 Å². The average molecular weight is 388 g/mol. The molecule has 1 aliphatic heterocycles. The summed E-state index contributed by atoms with van der Waals surface area (Å²) < 4.78 is 25.9. The third-order valence-corrected chi connectivity index (χ3v) is 5.85. The van der Waals surface area contributed by atoms with Crippen LogP contribution in [0.2, 0.25) is 0 Å². The second-order valence-electron chi connectivity index (χ2n) is 6.75. The van der Waals surface area contributed by atoms with Crippen LogP contribution in [-0.4, -0.2) is 40.8 Å². The Hall–Kier alpha value is -2.54. The van der Waals surface area contributed by atoms with Crippen molar-refractivity contribution in [3.63, 3.8) is 0 Å². The number of nitrogens with zero attached hydrogens (tertiary/aromatic N) is 1. The molecule has 0 aromatic heterocycles. The summed E-state index contributed by atoms with van der Waals surface area (Å²) >= 11 is 0. The summed E-state index contributed by atoms with van der Waals surface area (Å²) in [4.78, 5) is 27.5. The van der Waals surface area contributed by atoms with E-state index in [1.165, 1.54) is 17.2 Å². The van der Waals surface area contributed by atoms with Gasteiger partial charge < -0.3 is 10.2 Å². The quantitative estimate of drug-likeness (QED) is 0.819. The first kappa shape index (κ1) is 19.2. The summed E-state index contributed by atoms with van der Waals surface area (Å²) in [5, 5.41) is 2.74. The molecule has 2 aromatic carbocycles. The Labute approximate surface area is 160 Å². The van der Waals surface area contributed by atoms with E-state index in [-0.39, 0.29) is 11.7 Å². The van der Waals surface area contributed by atoms with Crippen LogP contribution >= 0.6 is 0 Å². The fraction of sp³-hybridized carbons (Fsp3) is 0.300. The van der Waals surface area contributed by atoms with Crippen molar-refractivity contribution < 1.29 is 18.2 Å². The molecule has 5 nitrogen and oxygen atoms in total. The van der Waals surface area contributed by atoms with Gasteiger partial charge in [-0.2, -0.15) is 0 Å². The van der Waals surface area contributed by atoms with E-state index in [4.69, 9.17) is 0 Å². The highest BCUT2D eigenvalue weighted by Crippen LogP contribution is 2.35. The van der Waals surface area contributed by atoms with Crippen LogP contribution in [0.25, 0.3) is 0 Å². The normalized spacial score (nSPS) is 20.6. The number of likely N-dealkylation sites (tertiary alicyclic amines) is 1. The number of halogens is 1. The smallest absolute Gasteiger partial charge is 0.237 e. The minimum atomic E-state index is -1.28. The maximum atomic E-state index is 14.0. The van der Waals surface area contributed by atoms with E-state index in [0.29, 0.717) is 28.3 Å². The Balaban J connectivity index is 1.92. The van der Waals surface area contributed by atoms with Crippen molar-refractivity contribution in [3.05, 3.63) is 59.4 Å². The van der Waals surface area contributed by atoms with E-state index in [9.17, 15) is 18.2 Å². The molecule has 7 heteroatoms. The van der Waals surface area contributed by atoms with Crippen LogP contribution in [0.1, 0.15) is 17.0 Å². The number of anilines is 1. The van der Waals surface area contributed by atoms with Crippen molar-refractivity contribution in [2.24, 2.45) is 5.92 Å². The summed E-state index contributed by atoms with van der Waals surface area (Å²) in [7, 11) is 0.343. The number of para-hydroxylation sites is 1. The Bertz CT molecular complexity index is 931. The number of carbonyl (C=O) groups is 2. The zero-order chi connectivity index (χ0) is 19.7. The van der Waals surface area contributed by atoms with Gasteiger partial charge in [-0.3, -0.25) is 13.8 Å². The molecular formula is C20H21FN2O3S. The average Bonchev–Trinajstić information content (AvgIpc) is 2.92. The predicted molar refractivity (Wildman–Crippen MR) is 102 cm³/mol. The van der Waals surface area contributed by atoms with E-state index in [0.717, 1.165) is 0 Å². The summed E-state index contributed by atoms with van der Waals surface area (Å²) in [6.45, 7) is 2.00. The van der Waals surface area contributed by atoms with Gasteiger partial charge in [0.25, 0.3) is 0 Å². The molecule has 1 N–H and O–H groups in total. The van der Waals surface area contributed by atoms with Crippen molar-refractivity contribution in [1.82, 2.24) is 4.90 Å². The van der Waals surface area contributed by atoms with Gasteiger partial charge in [0.15, 0.2) is 0 Å². The van der Waals surface area contributed by atoms with Crippen LogP contribution in [0.15, 0.2) is 47.4 Å². The molecule has 0 aliphatic carbocycles. The summed E-state index contributed by atoms with van der Waals surface area (Å²) in [5.74, 6) is -2.56. The largest absolute Gasteiger partial charge is 0.344 e. The Morgan fingerprint density at radius 2 is 1.96 bits per heavy atom. The van der Waals surface area contributed by atoms with Crippen molar-refractivity contribution in [2.75, 3.05) is 25.2 Å². The lowest BCUT2D eigenvalue weighted by Gasteiger charge is -2.18. The van der Waals surface area contributed by atoms with Gasteiger partial charge in [-0.25, -0.2) is 4.39 Å². The van der Waals surface area contributed by atoms with Crippen LogP contribution in [0.5, 0.6) is 0 Å². The first-order valence-corrected chi connectivity index (χ1v) is 10.1. The van der Waals surface area contributed by atoms with Gasteiger partial charge in [0.2, 0.25) is 11.8 Å². The van der Waals surface area contributed by atoms with Gasteiger partial charge in [0.05, 0.1) is 21.4 Å². The number of amides is 2. The zero-order valence-electron chi connectivity index (χ0n) is 15.4. The summed E-state index contributed by atoms with van der Waals surface area (Å²) in [6, 6.07) is 11.6. The van der Waals surface area contributed by atoms with Gasteiger partial charge in [-0.15, -0.1) is 0 Å². The standard InChI is InChI=1S/C20H21FN2O3S/c1-12-8-9-13(10-15(12)21)14-11-23(2)20(25)18(14)19(24)22-16-6-4-5-7-17(16)27(3)26/h4-10,14,18H,11H2,1-3H3,(H,22,24)/t14-,18+,27?/m1/s1. The Morgan fingerprint density at radius 1 is 1.26 bits per heavy atom. The molecule has 0 saturated carbocycles. The van der Waals surface area contributed by atoms with Gasteiger partial charge >= 0.3 is 0 Å². The number of carbonyl (C=O) groups excluding carboxylic acids is 2. The second kappa shape index (κ2) is 7.60. The Kier molecular flexibility index (Phi) is 5.41. The number of likely N-dealkylation sites (N-methyl/N-ethyl adjacent to an activating group) is 1. The number of nitrogens with one attached hydrogen (secondary N) is 1. The molecule has 3 rings (SSSR count). The first-order chi connectivity index (χ1) is 12.8. The second-order valence-corrected chi connectivity index (χ2v) is 8.10. The van der Waals surface area contributed by atoms with Crippen LogP contribution in [0.4, 0.5) is 10.1 Å². The van der Waals surface area contributed by atoms with Gasteiger partial charge in [0, 0.05) is 25.8 Å². The molecule has 27 heavy (non-hydrogen) atoms. The van der Waals surface area contributed by atoms with Gasteiger partial charge in [-0.1, -0.05) is 24.3 Å². The number of hydrogen-bond acceptors (Lipinski definition) is 3. The van der Waals surface area contributed by atoms with Crippen LogP contribution in [0.3, 0.4) is 0 Å². The highest BCUT2D eigenvalue weighted by atomic mass is 32.2. The fourth-order valence-electron chi connectivity index (χ4n) is 3.36. The highest BCUT2D eigenvalue weighted by molar-refractivity contribution is 7.84. The molecule has 0 bridgehead atoms. The topological polar surface area (TPSA) is 66.5 Å². The Morgan fingerprint density at radius 3 is 2.63 bits per heavy atom. The lowest BCUT2D eigenvalue weighted by Crippen LogP contribution is -2.33. The SMILES string of the molecule is Cc1ccc([C@H]2CN(C)C(=O)[C@@H]2C(=O)Nc2ccccc2S(C)=O)cc1F. The van der Waals surface area contributed by atoms with Gasteiger partial charge in [-0.05, 0) is 36.2 Å². The van der Waals surface area contributed by atoms with Crippen molar-refractivity contribution in [3.8, 4) is 0 Å². The molecule has 2 amide bonds. The van der Waals surface area contributed by atoms with Crippen molar-refractivity contribution in [2.45, 2.75) is 17.7 Å². The molecule has 1 unspecified atom stereocenters. The summed E-state index contributed by atoms with van der Waals surface area (Å²) in [5.41, 5.74) is 1.54. The molecule has 0 spiro atoms. The molecule has 3 atom stereocenters. The predicted octanol–water partition coefficient (Wildman–Crippen LogP) is 2.68. The van der Waals surface area contributed by atoms with E-state index < -0.39 is 28.5 Å². The molecule has 0 radical (unpaired) electrons. The maximum absolute atomic E-state index is 14.0. The molecule has 1 aliphatic rings. The molecule has 1 fully saturated rings. The fourth-order valence-corrected chi connectivity index (χ4v) is 4.06. The maximum Gasteiger partial charge on any atom is 0.237 e. The van der Waals surface area contributed by atoms with E-state index in [1.54, 1.807) is 50.4 Å². The van der Waals surface area contributed by atoms with Crippen LogP contribution < -0.4 is 5.32 Å². The zero-order valence-corrected chi connectivity index (χ0v) is 16.2. The lowest BCUT2D eigenvalue weighted by molar-refractivity contribution is -0.135. The minimum Gasteiger partial charge on any atom is -0.344 e. The van der Waals surface area contributed by atoms with E-state index in [1.807, 2.05) is 0 Å². The molecule has 142 valence electrons. The molecule has 2 aromatic rings. The lowest BCUT2D eigenvalue weighted by atomic mass is 9.87. The number of aryl methyl sites for hydroxylation is 1. The van der Waals surface area contributed by atoms with Gasteiger partial charge in [0.1, 0.15) is 11.7 Å². The third-order valence-electron chi connectivity index (χ3n) is 4.88. The number of rotatable bonds is 4.